The number of nitrogens with one attached hydrogen (secondary N) is 1. The second-order valence-electron chi connectivity index (χ2n) is 4.89. The summed E-state index contributed by atoms with van der Waals surface area (Å²) in [5, 5.41) is 12.2. The highest BCUT2D eigenvalue weighted by molar-refractivity contribution is 6.06. The van der Waals surface area contributed by atoms with Crippen molar-refractivity contribution in [1.82, 2.24) is 15.1 Å². The number of hydrogen-bond acceptors (Lipinski definition) is 4. The van der Waals surface area contributed by atoms with Crippen LogP contribution in [0.15, 0.2) is 0 Å². The van der Waals surface area contributed by atoms with E-state index in [1.54, 1.807) is 18.7 Å². The first-order valence-electron chi connectivity index (χ1n) is 5.21. The lowest BCUT2D eigenvalue weighted by molar-refractivity contribution is -0.131. The van der Waals surface area contributed by atoms with Crippen LogP contribution in [0, 0.1) is 0 Å². The summed E-state index contributed by atoms with van der Waals surface area (Å²) in [7, 11) is 3.64. The van der Waals surface area contributed by atoms with E-state index < -0.39 is 17.7 Å². The van der Waals surface area contributed by atoms with Gasteiger partial charge in [-0.1, -0.05) is 0 Å². The van der Waals surface area contributed by atoms with Gasteiger partial charge >= 0.3 is 6.03 Å². The SMILES string of the molecule is CN(C)C[C@H](O)CN1C(=O)NC(C)(C)C1=O. The standard InChI is InChI=1S/C10H19N3O3/c1-10(2)8(15)13(9(16)11-10)6-7(14)5-12(3)4/h7,14H,5-6H2,1-4H3,(H,11,16)/t7-/m0/s1. The van der Waals surface area contributed by atoms with Gasteiger partial charge in [0.15, 0.2) is 0 Å². The molecule has 0 unspecified atom stereocenters. The van der Waals surface area contributed by atoms with Crippen molar-refractivity contribution in [3.8, 4) is 0 Å². The third-order valence-corrected chi connectivity index (χ3v) is 2.41. The maximum Gasteiger partial charge on any atom is 0.325 e. The van der Waals surface area contributed by atoms with Gasteiger partial charge in [0, 0.05) is 6.54 Å². The minimum absolute atomic E-state index is 0.0340. The Bertz CT molecular complexity index is 302. The number of amides is 3. The van der Waals surface area contributed by atoms with Crippen LogP contribution < -0.4 is 5.32 Å². The largest absolute Gasteiger partial charge is 0.390 e. The molecule has 1 heterocycles. The Hall–Kier alpha value is -1.14. The zero-order valence-electron chi connectivity index (χ0n) is 10.1. The van der Waals surface area contributed by atoms with Gasteiger partial charge in [0.2, 0.25) is 0 Å². The Morgan fingerprint density at radius 1 is 1.44 bits per heavy atom. The molecule has 16 heavy (non-hydrogen) atoms. The number of carbonyl (C=O) groups is 2. The van der Waals surface area contributed by atoms with E-state index in [1.165, 1.54) is 0 Å². The molecule has 2 N–H and O–H groups in total. The van der Waals surface area contributed by atoms with Gasteiger partial charge in [-0.2, -0.15) is 0 Å². The number of nitrogens with zero attached hydrogens (tertiary/aromatic N) is 2. The van der Waals surface area contributed by atoms with Crippen LogP contribution in [-0.2, 0) is 4.79 Å². The highest BCUT2D eigenvalue weighted by Crippen LogP contribution is 2.16. The van der Waals surface area contributed by atoms with Crippen LogP contribution in [0.2, 0.25) is 0 Å². The van der Waals surface area contributed by atoms with E-state index in [2.05, 4.69) is 5.32 Å². The molecule has 0 aromatic heterocycles. The van der Waals surface area contributed by atoms with Gasteiger partial charge in [0.05, 0.1) is 12.6 Å². The minimum atomic E-state index is -0.866. The first kappa shape index (κ1) is 12.9. The van der Waals surface area contributed by atoms with Crippen molar-refractivity contribution in [2.75, 3.05) is 27.2 Å². The molecule has 1 aliphatic heterocycles. The molecular formula is C10H19N3O3. The van der Waals surface area contributed by atoms with E-state index in [9.17, 15) is 14.7 Å². The number of imide groups is 1. The van der Waals surface area contributed by atoms with Crippen LogP contribution in [0.1, 0.15) is 13.8 Å². The lowest BCUT2D eigenvalue weighted by atomic mass is 10.1. The van der Waals surface area contributed by atoms with Crippen molar-refractivity contribution in [3.63, 3.8) is 0 Å². The summed E-state index contributed by atoms with van der Waals surface area (Å²) in [5.74, 6) is -0.296. The summed E-state index contributed by atoms with van der Waals surface area (Å²) in [6.45, 7) is 3.74. The molecule has 92 valence electrons. The molecule has 6 heteroatoms. The average Bonchev–Trinajstić information content (AvgIpc) is 2.26. The summed E-state index contributed by atoms with van der Waals surface area (Å²) in [5.41, 5.74) is -0.866. The molecule has 0 radical (unpaired) electrons. The summed E-state index contributed by atoms with van der Waals surface area (Å²) >= 11 is 0. The smallest absolute Gasteiger partial charge is 0.325 e. The van der Waals surface area contributed by atoms with E-state index in [4.69, 9.17) is 0 Å². The van der Waals surface area contributed by atoms with Crippen molar-refractivity contribution < 1.29 is 14.7 Å². The monoisotopic (exact) mass is 229 g/mol. The molecule has 1 rings (SSSR count). The van der Waals surface area contributed by atoms with Gasteiger partial charge in [-0.3, -0.25) is 9.69 Å². The Kier molecular flexibility index (Phi) is 3.54. The first-order chi connectivity index (χ1) is 7.24. The van der Waals surface area contributed by atoms with Crippen LogP contribution >= 0.6 is 0 Å². The highest BCUT2D eigenvalue weighted by atomic mass is 16.3. The molecule has 0 bridgehead atoms. The zero-order valence-corrected chi connectivity index (χ0v) is 10.1. The molecule has 0 spiro atoms. The molecule has 1 fully saturated rings. The van der Waals surface area contributed by atoms with E-state index in [-0.39, 0.29) is 12.5 Å². The quantitative estimate of drug-likeness (QED) is 0.621. The fraction of sp³-hybridized carbons (Fsp3) is 0.800. The van der Waals surface area contributed by atoms with Gasteiger partial charge in [0.25, 0.3) is 5.91 Å². The predicted molar refractivity (Wildman–Crippen MR) is 58.9 cm³/mol. The number of likely N-dealkylation sites (N-methyl/N-ethyl adjacent to an activating group) is 1. The Morgan fingerprint density at radius 2 is 2.00 bits per heavy atom. The molecule has 0 aliphatic carbocycles. The van der Waals surface area contributed by atoms with Gasteiger partial charge in [-0.15, -0.1) is 0 Å². The Balaban J connectivity index is 2.61. The molecule has 0 saturated carbocycles. The number of urea groups is 1. The van der Waals surface area contributed by atoms with Crippen LogP contribution in [-0.4, -0.2) is 65.7 Å². The maximum atomic E-state index is 11.8. The van der Waals surface area contributed by atoms with Gasteiger partial charge in [-0.05, 0) is 27.9 Å². The van der Waals surface area contributed by atoms with Crippen LogP contribution in [0.3, 0.4) is 0 Å². The van der Waals surface area contributed by atoms with E-state index in [0.717, 1.165) is 4.90 Å². The summed E-state index contributed by atoms with van der Waals surface area (Å²) < 4.78 is 0. The number of carbonyl (C=O) groups excluding carboxylic acids is 2. The first-order valence-corrected chi connectivity index (χ1v) is 5.21. The topological polar surface area (TPSA) is 72.9 Å². The van der Waals surface area contributed by atoms with Crippen molar-refractivity contribution in [3.05, 3.63) is 0 Å². The molecule has 3 amide bonds. The molecular weight excluding hydrogens is 210 g/mol. The average molecular weight is 229 g/mol. The fourth-order valence-electron chi connectivity index (χ4n) is 1.67. The third kappa shape index (κ3) is 2.70. The van der Waals surface area contributed by atoms with Crippen molar-refractivity contribution in [1.29, 1.82) is 0 Å². The summed E-state index contributed by atoms with van der Waals surface area (Å²) in [6.07, 6.45) is -0.724. The predicted octanol–water partition coefficient (Wildman–Crippen LogP) is -0.761. The number of hydrogen-bond donors (Lipinski definition) is 2. The Morgan fingerprint density at radius 3 is 2.38 bits per heavy atom. The summed E-state index contributed by atoms with van der Waals surface area (Å²) in [4.78, 5) is 26.1. The van der Waals surface area contributed by atoms with E-state index in [0.29, 0.717) is 6.54 Å². The van der Waals surface area contributed by atoms with E-state index >= 15 is 0 Å². The molecule has 0 aromatic rings. The minimum Gasteiger partial charge on any atom is -0.390 e. The second kappa shape index (κ2) is 4.39. The second-order valence-corrected chi connectivity index (χ2v) is 4.89. The molecule has 1 saturated heterocycles. The highest BCUT2D eigenvalue weighted by Gasteiger charge is 2.44. The van der Waals surface area contributed by atoms with Gasteiger partial charge < -0.3 is 15.3 Å². The van der Waals surface area contributed by atoms with Gasteiger partial charge in [0.1, 0.15) is 5.54 Å². The number of aliphatic hydroxyl groups excluding tert-OH is 1. The maximum absolute atomic E-state index is 11.8. The van der Waals surface area contributed by atoms with Gasteiger partial charge in [-0.25, -0.2) is 4.79 Å². The number of aliphatic hydroxyl groups is 1. The normalized spacial score (nSPS) is 21.5. The molecule has 1 aliphatic rings. The lowest BCUT2D eigenvalue weighted by Crippen LogP contribution is -2.43. The summed E-state index contributed by atoms with van der Waals surface area (Å²) in [6, 6.07) is -0.437. The molecule has 6 nitrogen and oxygen atoms in total. The van der Waals surface area contributed by atoms with Crippen molar-refractivity contribution in [2.24, 2.45) is 0 Å². The van der Waals surface area contributed by atoms with Crippen molar-refractivity contribution >= 4 is 11.9 Å². The van der Waals surface area contributed by atoms with Crippen LogP contribution in [0.25, 0.3) is 0 Å². The lowest BCUT2D eigenvalue weighted by Gasteiger charge is -2.21. The third-order valence-electron chi connectivity index (χ3n) is 2.41. The fourth-order valence-corrected chi connectivity index (χ4v) is 1.67. The van der Waals surface area contributed by atoms with E-state index in [1.807, 2.05) is 14.1 Å². The zero-order chi connectivity index (χ0) is 12.5. The molecule has 1 atom stereocenters. The van der Waals surface area contributed by atoms with Crippen molar-refractivity contribution in [2.45, 2.75) is 25.5 Å². The number of β-amino-alcohol motifs (C(OH)–C–C–N with tert-alkyl or cyclic N) is 1. The van der Waals surface area contributed by atoms with Crippen LogP contribution in [0.5, 0.6) is 0 Å². The molecule has 0 aromatic carbocycles. The Labute approximate surface area is 95.2 Å². The number of rotatable bonds is 4. The van der Waals surface area contributed by atoms with Crippen LogP contribution in [0.4, 0.5) is 4.79 Å².